The summed E-state index contributed by atoms with van der Waals surface area (Å²) >= 11 is 0. The van der Waals surface area contributed by atoms with Gasteiger partial charge in [0.1, 0.15) is 12.4 Å². The number of rotatable bonds is 11. The zero-order chi connectivity index (χ0) is 25.0. The molecule has 2 aromatic carbocycles. The van der Waals surface area contributed by atoms with E-state index < -0.39 is 5.83 Å². The minimum Gasteiger partial charge on any atom is -0.476 e. The highest BCUT2D eigenvalue weighted by Crippen LogP contribution is 2.22. The third-order valence-corrected chi connectivity index (χ3v) is 6.10. The lowest BCUT2D eigenvalue weighted by atomic mass is 10.0. The maximum Gasteiger partial charge on any atom is 0.224 e. The number of nitrogens with one attached hydrogen (secondary N) is 1. The molecule has 1 aliphatic rings. The zero-order valence-electron chi connectivity index (χ0n) is 20.7. The quantitative estimate of drug-likeness (QED) is 0.301. The van der Waals surface area contributed by atoms with Crippen LogP contribution >= 0.6 is 0 Å². The van der Waals surface area contributed by atoms with Crippen LogP contribution in [0.2, 0.25) is 0 Å². The van der Waals surface area contributed by atoms with E-state index in [9.17, 15) is 9.18 Å². The van der Waals surface area contributed by atoms with Crippen LogP contribution in [0.4, 0.5) is 4.39 Å². The highest BCUT2D eigenvalue weighted by atomic mass is 19.1. The number of piperazine rings is 1. The summed E-state index contributed by atoms with van der Waals surface area (Å²) in [7, 11) is 2.12. The Labute approximate surface area is 207 Å². The minimum atomic E-state index is -0.430. The number of likely N-dealkylation sites (N-methyl/N-ethyl adjacent to an activating group) is 1. The number of halogens is 1. The molecule has 35 heavy (non-hydrogen) atoms. The predicted molar refractivity (Wildman–Crippen MR) is 140 cm³/mol. The summed E-state index contributed by atoms with van der Waals surface area (Å²) < 4.78 is 20.5. The second kappa shape index (κ2) is 13.6. The average Bonchev–Trinajstić information content (AvgIpc) is 2.88. The lowest BCUT2D eigenvalue weighted by Crippen LogP contribution is -2.45. The van der Waals surface area contributed by atoms with Crippen molar-refractivity contribution in [1.29, 1.82) is 0 Å². The first-order chi connectivity index (χ1) is 16.9. The topological polar surface area (TPSA) is 57.2 Å². The molecule has 0 radical (unpaired) electrons. The van der Waals surface area contributed by atoms with Crippen molar-refractivity contribution in [1.82, 2.24) is 15.1 Å². The number of amides is 1. The van der Waals surface area contributed by atoms with E-state index in [4.69, 9.17) is 4.74 Å². The molecule has 0 spiro atoms. The number of nitrogens with zero attached hydrogens (tertiary/aromatic N) is 3. The van der Waals surface area contributed by atoms with Crippen molar-refractivity contribution in [2.24, 2.45) is 4.99 Å². The van der Waals surface area contributed by atoms with Gasteiger partial charge < -0.3 is 15.0 Å². The van der Waals surface area contributed by atoms with Crippen molar-refractivity contribution in [2.45, 2.75) is 19.9 Å². The van der Waals surface area contributed by atoms with Gasteiger partial charge in [0.2, 0.25) is 11.8 Å². The van der Waals surface area contributed by atoms with Crippen LogP contribution in [0.25, 0.3) is 5.57 Å². The van der Waals surface area contributed by atoms with Crippen LogP contribution in [-0.2, 0) is 22.5 Å². The molecule has 7 heteroatoms. The molecule has 1 heterocycles. The van der Waals surface area contributed by atoms with Gasteiger partial charge in [0.15, 0.2) is 0 Å². The van der Waals surface area contributed by atoms with E-state index in [1.807, 2.05) is 54.6 Å². The Balaban J connectivity index is 1.51. The van der Waals surface area contributed by atoms with Gasteiger partial charge in [-0.2, -0.15) is 0 Å². The molecule has 0 bridgehead atoms. The number of aliphatic imine (C=N–C) groups is 1. The third kappa shape index (κ3) is 8.77. The summed E-state index contributed by atoms with van der Waals surface area (Å²) in [6.07, 6.45) is 1.54. The monoisotopic (exact) mass is 478 g/mol. The number of carbonyl (C=O) groups is 1. The first-order valence-electron chi connectivity index (χ1n) is 11.9. The molecule has 1 aliphatic heterocycles. The molecular weight excluding hydrogens is 443 g/mol. The third-order valence-electron chi connectivity index (χ3n) is 6.10. The maximum atomic E-state index is 14.9. The molecule has 3 rings (SSSR count). The van der Waals surface area contributed by atoms with E-state index in [1.54, 1.807) is 6.92 Å². The molecule has 1 amide bonds. The molecule has 2 aromatic rings. The molecule has 0 unspecified atom stereocenters. The van der Waals surface area contributed by atoms with Crippen LogP contribution in [0.3, 0.4) is 0 Å². The molecular formula is C28H35FN4O2. The van der Waals surface area contributed by atoms with Crippen molar-refractivity contribution in [3.05, 3.63) is 89.1 Å². The second-order valence-corrected chi connectivity index (χ2v) is 8.74. The standard InChI is InChI=1S/C28H35FN4O2/c1-22(26(29)20-28(30-2)35-18-17-33-15-13-32(3)14-16-33)25-11-9-23(10-12-25)19-27(34)31-21-24-7-5-4-6-8-24/h4-12,20H,2,13-19,21H2,1,3H3,(H,31,34)/b26-22-,28-20+. The van der Waals surface area contributed by atoms with Gasteiger partial charge in [-0.05, 0) is 43.0 Å². The number of ether oxygens (including phenoxy) is 1. The highest BCUT2D eigenvalue weighted by Gasteiger charge is 2.13. The largest absolute Gasteiger partial charge is 0.476 e. The normalized spacial score (nSPS) is 15.9. The van der Waals surface area contributed by atoms with Crippen LogP contribution < -0.4 is 5.32 Å². The molecule has 6 nitrogen and oxygen atoms in total. The van der Waals surface area contributed by atoms with Crippen LogP contribution in [-0.4, -0.2) is 68.8 Å². The van der Waals surface area contributed by atoms with Crippen LogP contribution in [0.15, 0.2) is 77.4 Å². The van der Waals surface area contributed by atoms with Gasteiger partial charge in [0, 0.05) is 45.3 Å². The van der Waals surface area contributed by atoms with E-state index in [0.717, 1.165) is 49.4 Å². The van der Waals surface area contributed by atoms with Crippen molar-refractivity contribution < 1.29 is 13.9 Å². The first kappa shape index (κ1) is 26.3. The highest BCUT2D eigenvalue weighted by molar-refractivity contribution is 5.78. The summed E-state index contributed by atoms with van der Waals surface area (Å²) in [5, 5.41) is 2.92. The Morgan fingerprint density at radius 3 is 2.43 bits per heavy atom. The maximum absolute atomic E-state index is 14.9. The summed E-state index contributed by atoms with van der Waals surface area (Å²) in [5.41, 5.74) is 3.11. The lowest BCUT2D eigenvalue weighted by Gasteiger charge is -2.32. The molecule has 0 aliphatic carbocycles. The van der Waals surface area contributed by atoms with E-state index in [0.29, 0.717) is 18.7 Å². The predicted octanol–water partition coefficient (Wildman–Crippen LogP) is 4.05. The smallest absolute Gasteiger partial charge is 0.224 e. The summed E-state index contributed by atoms with van der Waals surface area (Å²) in [4.78, 5) is 20.7. The van der Waals surface area contributed by atoms with Gasteiger partial charge in [-0.25, -0.2) is 9.38 Å². The Morgan fingerprint density at radius 1 is 1.09 bits per heavy atom. The number of carbonyl (C=O) groups excluding carboxylic acids is 1. The lowest BCUT2D eigenvalue weighted by molar-refractivity contribution is -0.120. The molecule has 0 aromatic heterocycles. The Kier molecular flexibility index (Phi) is 10.2. The summed E-state index contributed by atoms with van der Waals surface area (Å²) in [6.45, 7) is 11.0. The molecule has 0 atom stereocenters. The fourth-order valence-corrected chi connectivity index (χ4v) is 3.76. The van der Waals surface area contributed by atoms with E-state index >= 15 is 0 Å². The fraction of sp³-hybridized carbons (Fsp3) is 0.357. The fourth-order valence-electron chi connectivity index (χ4n) is 3.76. The molecule has 1 N–H and O–H groups in total. The van der Waals surface area contributed by atoms with E-state index in [1.165, 1.54) is 6.08 Å². The molecule has 186 valence electrons. The van der Waals surface area contributed by atoms with E-state index in [2.05, 4.69) is 33.9 Å². The zero-order valence-corrected chi connectivity index (χ0v) is 20.7. The van der Waals surface area contributed by atoms with Gasteiger partial charge in [-0.1, -0.05) is 54.6 Å². The van der Waals surface area contributed by atoms with Crippen molar-refractivity contribution in [2.75, 3.05) is 46.4 Å². The minimum absolute atomic E-state index is 0.0570. The Morgan fingerprint density at radius 2 is 1.77 bits per heavy atom. The van der Waals surface area contributed by atoms with Gasteiger partial charge in [-0.3, -0.25) is 9.69 Å². The SMILES string of the molecule is C=N/C(=C\C(F)=C(/C)c1ccc(CC(=O)NCc2ccccc2)cc1)OCCN1CCN(C)CC1. The first-order valence-corrected chi connectivity index (χ1v) is 11.9. The second-order valence-electron chi connectivity index (χ2n) is 8.74. The van der Waals surface area contributed by atoms with Gasteiger partial charge in [0.05, 0.1) is 6.42 Å². The number of allylic oxidation sites excluding steroid dienone is 3. The molecule has 1 fully saturated rings. The van der Waals surface area contributed by atoms with Crippen molar-refractivity contribution in [3.63, 3.8) is 0 Å². The number of hydrogen-bond donors (Lipinski definition) is 1. The average molecular weight is 479 g/mol. The van der Waals surface area contributed by atoms with Crippen LogP contribution in [0.1, 0.15) is 23.6 Å². The molecule has 0 saturated carbocycles. The van der Waals surface area contributed by atoms with Gasteiger partial charge in [-0.15, -0.1) is 0 Å². The van der Waals surface area contributed by atoms with Gasteiger partial charge >= 0.3 is 0 Å². The summed E-state index contributed by atoms with van der Waals surface area (Å²) in [6, 6.07) is 17.1. The number of benzene rings is 2. The number of hydrogen-bond acceptors (Lipinski definition) is 5. The van der Waals surface area contributed by atoms with E-state index in [-0.39, 0.29) is 18.2 Å². The van der Waals surface area contributed by atoms with Crippen molar-refractivity contribution >= 4 is 18.2 Å². The van der Waals surface area contributed by atoms with Crippen LogP contribution in [0, 0.1) is 0 Å². The van der Waals surface area contributed by atoms with Crippen LogP contribution in [0.5, 0.6) is 0 Å². The Hall–Kier alpha value is -3.29. The van der Waals surface area contributed by atoms with Crippen molar-refractivity contribution in [3.8, 4) is 0 Å². The summed E-state index contributed by atoms with van der Waals surface area (Å²) in [5.74, 6) is -0.318. The Bertz CT molecular complexity index is 1030. The molecule has 1 saturated heterocycles. The van der Waals surface area contributed by atoms with Gasteiger partial charge in [0.25, 0.3) is 0 Å².